The van der Waals surface area contributed by atoms with Crippen molar-refractivity contribution >= 4 is 17.6 Å². The number of carboxylic acid groups (broad SMARTS) is 1. The Labute approximate surface area is 308 Å². The summed E-state index contributed by atoms with van der Waals surface area (Å²) in [5, 5.41) is 13.3. The molecular weight excluding hydrogens is 631 g/mol. The van der Waals surface area contributed by atoms with E-state index in [9.17, 15) is 14.7 Å². The van der Waals surface area contributed by atoms with Gasteiger partial charge in [-0.25, -0.2) is 9.59 Å². The Bertz CT molecular complexity index is 1560. The molecule has 2 amide bonds. The van der Waals surface area contributed by atoms with Crippen LogP contribution in [0.4, 0.5) is 4.79 Å². The second-order valence-electron chi connectivity index (χ2n) is 19.4. The lowest BCUT2D eigenvalue weighted by Crippen LogP contribution is -2.68. The van der Waals surface area contributed by atoms with Gasteiger partial charge >= 0.3 is 12.0 Å². The molecule has 4 saturated carbocycles. The largest absolute Gasteiger partial charge is 0.478 e. The number of fused-ring (bicyclic) bond motifs is 7. The number of nitrogens with one attached hydrogen (secondary N) is 1. The fourth-order valence-electron chi connectivity index (χ4n) is 14.3. The van der Waals surface area contributed by atoms with Crippen molar-refractivity contribution in [2.45, 2.75) is 125 Å². The molecular formula is C45H67N3O3. The Hall–Kier alpha value is -2.60. The van der Waals surface area contributed by atoms with Gasteiger partial charge in [0.25, 0.3) is 0 Å². The molecule has 6 nitrogen and oxygen atoms in total. The number of carboxylic acids is 1. The van der Waals surface area contributed by atoms with E-state index in [-0.39, 0.29) is 33.2 Å². The van der Waals surface area contributed by atoms with Gasteiger partial charge in [0.05, 0.1) is 5.56 Å². The van der Waals surface area contributed by atoms with Crippen LogP contribution in [0.15, 0.2) is 42.5 Å². The Morgan fingerprint density at radius 3 is 2.31 bits per heavy atom. The summed E-state index contributed by atoms with van der Waals surface area (Å²) in [7, 11) is 0. The van der Waals surface area contributed by atoms with Crippen molar-refractivity contribution in [3.63, 3.8) is 0 Å². The highest BCUT2D eigenvalue weighted by molar-refractivity contribution is 5.88. The number of carbonyl (C=O) groups is 2. The normalized spacial score (nSPS) is 40.5. The first kappa shape index (κ1) is 36.7. The second kappa shape index (κ2) is 13.1. The molecule has 5 fully saturated rings. The van der Waals surface area contributed by atoms with Crippen molar-refractivity contribution in [1.29, 1.82) is 0 Å². The molecule has 0 aromatic heterocycles. The molecule has 0 bridgehead atoms. The first-order valence-corrected chi connectivity index (χ1v) is 20.6. The van der Waals surface area contributed by atoms with Crippen molar-refractivity contribution in [3.8, 4) is 0 Å². The van der Waals surface area contributed by atoms with Gasteiger partial charge in [0.15, 0.2) is 0 Å². The molecule has 0 spiro atoms. The lowest BCUT2D eigenvalue weighted by molar-refractivity contribution is -0.218. The first-order valence-electron chi connectivity index (χ1n) is 20.6. The average molecular weight is 698 g/mol. The predicted octanol–water partition coefficient (Wildman–Crippen LogP) is 9.92. The van der Waals surface area contributed by atoms with Gasteiger partial charge in [0.2, 0.25) is 0 Å². The first-order chi connectivity index (χ1) is 24.1. The summed E-state index contributed by atoms with van der Waals surface area (Å²) in [5.41, 5.74) is 4.75. The van der Waals surface area contributed by atoms with E-state index in [1.165, 1.54) is 55.2 Å². The van der Waals surface area contributed by atoms with Crippen molar-refractivity contribution in [2.75, 3.05) is 32.7 Å². The second-order valence-corrected chi connectivity index (χ2v) is 19.4. The molecule has 1 saturated heterocycles. The maximum absolute atomic E-state index is 14.2. The number of hydrogen-bond acceptors (Lipinski definition) is 3. The molecule has 0 unspecified atom stereocenters. The molecule has 1 aliphatic heterocycles. The van der Waals surface area contributed by atoms with Gasteiger partial charge in [-0.1, -0.05) is 71.9 Å². The number of nitrogens with zero attached hydrogens (tertiary/aromatic N) is 2. The summed E-state index contributed by atoms with van der Waals surface area (Å²) in [6, 6.07) is 7.77. The van der Waals surface area contributed by atoms with E-state index in [1.807, 2.05) is 12.1 Å². The van der Waals surface area contributed by atoms with Crippen LogP contribution in [-0.2, 0) is 0 Å². The number of urea groups is 1. The number of amides is 2. The highest BCUT2D eigenvalue weighted by Gasteiger charge is 2.70. The van der Waals surface area contributed by atoms with Gasteiger partial charge < -0.3 is 20.2 Å². The fraction of sp³-hybridized carbons (Fsp3) is 0.733. The summed E-state index contributed by atoms with van der Waals surface area (Å²) in [4.78, 5) is 30.5. The van der Waals surface area contributed by atoms with Crippen LogP contribution in [-0.4, -0.2) is 65.2 Å². The summed E-state index contributed by atoms with van der Waals surface area (Å²) >= 11 is 0. The minimum atomic E-state index is -0.868. The Kier molecular flexibility index (Phi) is 9.41. The van der Waals surface area contributed by atoms with E-state index in [4.69, 9.17) is 0 Å². The minimum Gasteiger partial charge on any atom is -0.478 e. The molecule has 6 aliphatic rings. The minimum absolute atomic E-state index is 0.000225. The van der Waals surface area contributed by atoms with E-state index >= 15 is 0 Å². The van der Waals surface area contributed by atoms with Gasteiger partial charge in [-0.15, -0.1) is 0 Å². The van der Waals surface area contributed by atoms with Crippen molar-refractivity contribution in [3.05, 3.63) is 53.6 Å². The van der Waals surface area contributed by atoms with E-state index in [0.717, 1.165) is 64.8 Å². The maximum Gasteiger partial charge on any atom is 0.335 e. The van der Waals surface area contributed by atoms with Crippen LogP contribution in [0, 0.1) is 51.2 Å². The quantitative estimate of drug-likeness (QED) is 0.290. The van der Waals surface area contributed by atoms with E-state index in [2.05, 4.69) is 76.2 Å². The monoisotopic (exact) mass is 698 g/mol. The standard InChI is InChI=1S/C45H67N3O3/c1-9-25-47-26-10-27-48(29-28-47)40(51)46-45-22-17-33(30(2)3)38(45)35-15-16-37-42(6)20-18-34(31-11-13-32(14-12-31)39(49)50)41(4,5)36(42)19-21-44(37,8)43(35,7)23-24-45/h11-14,18,33,35-38H,2,9-10,15-17,19-29H2,1,3-8H3,(H,46,51)(H,49,50)/t33-,35+,36-,37+,38+,42-,43+,44+,45-/m0/s1. The zero-order valence-corrected chi connectivity index (χ0v) is 33.0. The number of allylic oxidation sites excluding steroid dienone is 3. The third-order valence-electron chi connectivity index (χ3n) is 16.9. The number of hydrogen-bond donors (Lipinski definition) is 2. The molecule has 0 radical (unpaired) electrons. The van der Waals surface area contributed by atoms with Crippen LogP contribution in [0.25, 0.3) is 5.57 Å². The Morgan fingerprint density at radius 1 is 0.882 bits per heavy atom. The van der Waals surface area contributed by atoms with Gasteiger partial charge in [-0.05, 0) is 165 Å². The third kappa shape index (κ3) is 5.66. The van der Waals surface area contributed by atoms with Crippen molar-refractivity contribution < 1.29 is 14.7 Å². The van der Waals surface area contributed by atoms with E-state index < -0.39 is 5.97 Å². The maximum atomic E-state index is 14.2. The Balaban J connectivity index is 1.16. The molecule has 1 aromatic carbocycles. The molecule has 9 atom stereocenters. The summed E-state index contributed by atoms with van der Waals surface area (Å²) in [5.74, 6) is 1.85. The average Bonchev–Trinajstić information content (AvgIpc) is 3.29. The molecule has 5 aliphatic carbocycles. The van der Waals surface area contributed by atoms with Crippen LogP contribution >= 0.6 is 0 Å². The highest BCUT2D eigenvalue weighted by atomic mass is 16.4. The molecule has 2 N–H and O–H groups in total. The van der Waals surface area contributed by atoms with E-state index in [1.54, 1.807) is 12.1 Å². The van der Waals surface area contributed by atoms with Crippen LogP contribution in [0.3, 0.4) is 0 Å². The number of rotatable bonds is 6. The van der Waals surface area contributed by atoms with Gasteiger partial charge in [0, 0.05) is 25.2 Å². The smallest absolute Gasteiger partial charge is 0.335 e. The lowest BCUT2D eigenvalue weighted by Gasteiger charge is -2.72. The third-order valence-corrected chi connectivity index (χ3v) is 16.9. The van der Waals surface area contributed by atoms with Crippen LogP contribution in [0.1, 0.15) is 135 Å². The molecule has 1 aromatic rings. The molecule has 7 rings (SSSR count). The Morgan fingerprint density at radius 2 is 1.63 bits per heavy atom. The predicted molar refractivity (Wildman–Crippen MR) is 207 cm³/mol. The van der Waals surface area contributed by atoms with Crippen LogP contribution in [0.5, 0.6) is 0 Å². The van der Waals surface area contributed by atoms with Gasteiger partial charge in [0.1, 0.15) is 0 Å². The van der Waals surface area contributed by atoms with Crippen LogP contribution < -0.4 is 5.32 Å². The van der Waals surface area contributed by atoms with Crippen LogP contribution in [0.2, 0.25) is 0 Å². The van der Waals surface area contributed by atoms with Gasteiger partial charge in [-0.3, -0.25) is 0 Å². The molecule has 6 heteroatoms. The van der Waals surface area contributed by atoms with Gasteiger partial charge in [-0.2, -0.15) is 0 Å². The topological polar surface area (TPSA) is 72.9 Å². The summed E-state index contributed by atoms with van der Waals surface area (Å²) < 4.78 is 0. The zero-order valence-electron chi connectivity index (χ0n) is 33.0. The van der Waals surface area contributed by atoms with Crippen molar-refractivity contribution in [2.24, 2.45) is 51.2 Å². The fourth-order valence-corrected chi connectivity index (χ4v) is 14.3. The summed E-state index contributed by atoms with van der Waals surface area (Å²) in [6.45, 7) is 26.9. The lowest BCUT2D eigenvalue weighted by atomic mass is 9.33. The number of carbonyl (C=O) groups excluding carboxylic acids is 1. The summed E-state index contributed by atoms with van der Waals surface area (Å²) in [6.07, 6.45) is 15.3. The van der Waals surface area contributed by atoms with E-state index in [0.29, 0.717) is 35.2 Å². The SMILES string of the molecule is C=C(C)[C@@H]1CC[C@]2(NC(=O)N3CCCN(CCC)CC3)CC[C@]3(C)[C@H](CC[C@@H]4[C@@]5(C)CC=C(c6ccc(C(=O)O)cc6)C(C)(C)[C@@H]5CC[C@]43C)[C@@H]12. The zero-order chi connectivity index (χ0) is 36.6. The molecule has 1 heterocycles. The van der Waals surface area contributed by atoms with Crippen molar-refractivity contribution in [1.82, 2.24) is 15.1 Å². The molecule has 280 valence electrons. The molecule has 51 heavy (non-hydrogen) atoms. The number of aromatic carboxylic acids is 1. The number of benzene rings is 1. The highest BCUT2D eigenvalue weighted by Crippen LogP contribution is 2.76.